The Hall–Kier alpha value is -2.54. The molecule has 7 nitrogen and oxygen atoms in total. The quantitative estimate of drug-likeness (QED) is 0.849. The van der Waals surface area contributed by atoms with Gasteiger partial charge in [0.2, 0.25) is 17.8 Å². The maximum atomic E-state index is 12.0. The van der Waals surface area contributed by atoms with Gasteiger partial charge in [-0.3, -0.25) is 9.69 Å². The number of benzene rings is 1. The number of nitrogen functional groups attached to an aromatic ring is 1. The first-order valence-corrected chi connectivity index (χ1v) is 6.65. The van der Waals surface area contributed by atoms with E-state index in [-0.39, 0.29) is 30.3 Å². The van der Waals surface area contributed by atoms with Gasteiger partial charge >= 0.3 is 0 Å². The number of nitrogens with two attached hydrogens (primary N) is 1. The number of rotatable bonds is 3. The molecule has 108 valence electrons. The van der Waals surface area contributed by atoms with E-state index in [2.05, 4.69) is 15.0 Å². The second-order valence-corrected chi connectivity index (χ2v) is 4.94. The topological polar surface area (TPSA) is 105 Å². The standard InChI is InChI=1S/C14H15N5O2/c15-13-16-12(10-4-2-1-3-5-10)17-14(18-13)19-7-9(8-20)6-11(19)21/h1-5,9,20H,6-8H2,(H2,15,16,17,18). The van der Waals surface area contributed by atoms with E-state index >= 15 is 0 Å². The van der Waals surface area contributed by atoms with Crippen molar-refractivity contribution in [1.82, 2.24) is 15.0 Å². The number of carbonyl (C=O) groups is 1. The van der Waals surface area contributed by atoms with Gasteiger partial charge in [0, 0.05) is 31.1 Å². The highest BCUT2D eigenvalue weighted by molar-refractivity contribution is 5.94. The van der Waals surface area contributed by atoms with E-state index in [1.807, 2.05) is 30.3 Å². The van der Waals surface area contributed by atoms with Crippen molar-refractivity contribution >= 4 is 17.8 Å². The summed E-state index contributed by atoms with van der Waals surface area (Å²) in [7, 11) is 0. The van der Waals surface area contributed by atoms with E-state index in [4.69, 9.17) is 5.73 Å². The third kappa shape index (κ3) is 2.68. The zero-order valence-electron chi connectivity index (χ0n) is 11.3. The molecule has 0 bridgehead atoms. The maximum Gasteiger partial charge on any atom is 0.237 e. The molecule has 2 heterocycles. The SMILES string of the molecule is Nc1nc(-c2ccccc2)nc(N2CC(CO)CC2=O)n1. The van der Waals surface area contributed by atoms with Gasteiger partial charge in [0.15, 0.2) is 5.82 Å². The minimum absolute atomic E-state index is 0.0334. The Morgan fingerprint density at radius 1 is 1.24 bits per heavy atom. The van der Waals surface area contributed by atoms with E-state index in [0.29, 0.717) is 18.8 Å². The van der Waals surface area contributed by atoms with Crippen molar-refractivity contribution in [3.8, 4) is 11.4 Å². The van der Waals surface area contributed by atoms with Gasteiger partial charge in [-0.15, -0.1) is 0 Å². The molecule has 3 N–H and O–H groups in total. The Bertz CT molecular complexity index is 662. The first-order chi connectivity index (χ1) is 10.2. The van der Waals surface area contributed by atoms with Gasteiger partial charge in [-0.1, -0.05) is 30.3 Å². The Balaban J connectivity index is 1.97. The lowest BCUT2D eigenvalue weighted by Gasteiger charge is -2.15. The lowest BCUT2D eigenvalue weighted by molar-refractivity contribution is -0.117. The van der Waals surface area contributed by atoms with Crippen LogP contribution in [0.1, 0.15) is 6.42 Å². The second-order valence-electron chi connectivity index (χ2n) is 4.94. The lowest BCUT2D eigenvalue weighted by Crippen LogP contribution is -2.27. The lowest BCUT2D eigenvalue weighted by atomic mass is 10.1. The first-order valence-electron chi connectivity index (χ1n) is 6.65. The zero-order chi connectivity index (χ0) is 14.8. The summed E-state index contributed by atoms with van der Waals surface area (Å²) in [5, 5.41) is 9.18. The minimum atomic E-state index is -0.112. The number of aromatic nitrogens is 3. The van der Waals surface area contributed by atoms with Crippen molar-refractivity contribution in [2.45, 2.75) is 6.42 Å². The van der Waals surface area contributed by atoms with Gasteiger partial charge in [-0.25, -0.2) is 0 Å². The molecule has 21 heavy (non-hydrogen) atoms. The van der Waals surface area contributed by atoms with Gasteiger partial charge in [0.05, 0.1) is 0 Å². The molecule has 1 fully saturated rings. The van der Waals surface area contributed by atoms with Gasteiger partial charge in [-0.05, 0) is 0 Å². The molecule has 1 amide bonds. The Kier molecular flexibility index (Phi) is 3.49. The van der Waals surface area contributed by atoms with Crippen LogP contribution in [0.2, 0.25) is 0 Å². The summed E-state index contributed by atoms with van der Waals surface area (Å²) in [5.41, 5.74) is 6.53. The summed E-state index contributed by atoms with van der Waals surface area (Å²) in [6.45, 7) is 0.362. The van der Waals surface area contributed by atoms with Crippen molar-refractivity contribution in [2.24, 2.45) is 5.92 Å². The van der Waals surface area contributed by atoms with E-state index < -0.39 is 0 Å². The van der Waals surface area contributed by atoms with Crippen LogP contribution in [0, 0.1) is 5.92 Å². The van der Waals surface area contributed by atoms with Gasteiger partial charge in [0.1, 0.15) is 0 Å². The zero-order valence-corrected chi connectivity index (χ0v) is 11.3. The van der Waals surface area contributed by atoms with Crippen LogP contribution in [0.3, 0.4) is 0 Å². The maximum absolute atomic E-state index is 12.0. The fourth-order valence-electron chi connectivity index (χ4n) is 2.31. The summed E-state index contributed by atoms with van der Waals surface area (Å²) in [6, 6.07) is 9.36. The highest BCUT2D eigenvalue weighted by Crippen LogP contribution is 2.24. The number of hydrogen-bond acceptors (Lipinski definition) is 6. The average Bonchev–Trinajstić information content (AvgIpc) is 2.89. The molecular weight excluding hydrogens is 270 g/mol. The number of aliphatic hydroxyl groups excluding tert-OH is 1. The van der Waals surface area contributed by atoms with Crippen LogP contribution >= 0.6 is 0 Å². The van der Waals surface area contributed by atoms with Crippen LogP contribution in [0.4, 0.5) is 11.9 Å². The van der Waals surface area contributed by atoms with E-state index in [1.54, 1.807) is 0 Å². The molecule has 0 saturated carbocycles. The molecule has 3 rings (SSSR count). The molecule has 1 aliphatic rings. The number of aliphatic hydroxyl groups is 1. The molecule has 1 saturated heterocycles. The van der Waals surface area contributed by atoms with E-state index in [1.165, 1.54) is 4.90 Å². The van der Waals surface area contributed by atoms with Crippen molar-refractivity contribution < 1.29 is 9.90 Å². The monoisotopic (exact) mass is 285 g/mol. The smallest absolute Gasteiger partial charge is 0.237 e. The van der Waals surface area contributed by atoms with Gasteiger partial charge in [0.25, 0.3) is 0 Å². The fourth-order valence-corrected chi connectivity index (χ4v) is 2.31. The van der Waals surface area contributed by atoms with Crippen LogP contribution < -0.4 is 10.6 Å². The largest absolute Gasteiger partial charge is 0.396 e. The highest BCUT2D eigenvalue weighted by Gasteiger charge is 2.32. The molecule has 1 unspecified atom stereocenters. The van der Waals surface area contributed by atoms with Crippen LogP contribution in [0.25, 0.3) is 11.4 Å². The fraction of sp³-hybridized carbons (Fsp3) is 0.286. The molecule has 2 aromatic rings. The van der Waals surface area contributed by atoms with Crippen LogP contribution in [0.15, 0.2) is 30.3 Å². The molecule has 1 aromatic carbocycles. The van der Waals surface area contributed by atoms with Crippen LogP contribution in [0.5, 0.6) is 0 Å². The molecular formula is C14H15N5O2. The van der Waals surface area contributed by atoms with E-state index in [0.717, 1.165) is 5.56 Å². The molecule has 0 radical (unpaired) electrons. The summed E-state index contributed by atoms with van der Waals surface area (Å²) in [6.07, 6.45) is 0.294. The highest BCUT2D eigenvalue weighted by atomic mass is 16.3. The van der Waals surface area contributed by atoms with Gasteiger partial charge in [-0.2, -0.15) is 15.0 Å². The minimum Gasteiger partial charge on any atom is -0.396 e. The Morgan fingerprint density at radius 3 is 2.67 bits per heavy atom. The first kappa shape index (κ1) is 13.4. The molecule has 1 atom stereocenters. The molecule has 7 heteroatoms. The Morgan fingerprint density at radius 2 is 2.00 bits per heavy atom. The van der Waals surface area contributed by atoms with Crippen LogP contribution in [-0.2, 0) is 4.79 Å². The molecule has 1 aromatic heterocycles. The number of amides is 1. The summed E-state index contributed by atoms with van der Waals surface area (Å²) in [5.74, 6) is 0.536. The average molecular weight is 285 g/mol. The Labute approximate surface area is 121 Å². The van der Waals surface area contributed by atoms with Crippen molar-refractivity contribution in [3.63, 3.8) is 0 Å². The normalized spacial score (nSPS) is 18.2. The summed E-state index contributed by atoms with van der Waals surface area (Å²) >= 11 is 0. The summed E-state index contributed by atoms with van der Waals surface area (Å²) in [4.78, 5) is 25.9. The predicted molar refractivity (Wildman–Crippen MR) is 77.2 cm³/mol. The molecule has 1 aliphatic heterocycles. The number of carbonyl (C=O) groups excluding carboxylic acids is 1. The number of hydrogen-bond donors (Lipinski definition) is 2. The molecule has 0 aliphatic carbocycles. The second kappa shape index (κ2) is 5.45. The molecule has 0 spiro atoms. The van der Waals surface area contributed by atoms with Crippen LogP contribution in [-0.4, -0.2) is 39.1 Å². The number of nitrogens with zero attached hydrogens (tertiary/aromatic N) is 4. The van der Waals surface area contributed by atoms with Crippen molar-refractivity contribution in [2.75, 3.05) is 23.8 Å². The van der Waals surface area contributed by atoms with E-state index in [9.17, 15) is 9.90 Å². The third-order valence-electron chi connectivity index (χ3n) is 3.38. The van der Waals surface area contributed by atoms with Crippen molar-refractivity contribution in [1.29, 1.82) is 0 Å². The van der Waals surface area contributed by atoms with Gasteiger partial charge < -0.3 is 10.8 Å². The summed E-state index contributed by atoms with van der Waals surface area (Å²) < 4.78 is 0. The van der Waals surface area contributed by atoms with Crippen molar-refractivity contribution in [3.05, 3.63) is 30.3 Å². The predicted octanol–water partition coefficient (Wildman–Crippen LogP) is 0.466. The third-order valence-corrected chi connectivity index (χ3v) is 3.38. The number of anilines is 2.